The van der Waals surface area contributed by atoms with Gasteiger partial charge in [-0.25, -0.2) is 0 Å². The molecule has 1 heterocycles. The third-order valence-corrected chi connectivity index (χ3v) is 4.10. The van der Waals surface area contributed by atoms with E-state index in [1.807, 2.05) is 36.1 Å². The van der Waals surface area contributed by atoms with Gasteiger partial charge in [0.25, 0.3) is 0 Å². The lowest BCUT2D eigenvalue weighted by atomic mass is 9.98. The van der Waals surface area contributed by atoms with E-state index in [0.29, 0.717) is 13.0 Å². The smallest absolute Gasteiger partial charge is 0.223 e. The van der Waals surface area contributed by atoms with Gasteiger partial charge in [-0.15, -0.1) is 0 Å². The Balaban J connectivity index is 1.83. The van der Waals surface area contributed by atoms with Crippen molar-refractivity contribution in [3.63, 3.8) is 0 Å². The second-order valence-corrected chi connectivity index (χ2v) is 5.80. The molecule has 2 N–H and O–H groups in total. The van der Waals surface area contributed by atoms with E-state index in [-0.39, 0.29) is 18.0 Å². The Morgan fingerprint density at radius 2 is 2.10 bits per heavy atom. The molecule has 0 aromatic heterocycles. The van der Waals surface area contributed by atoms with Crippen LogP contribution in [0.3, 0.4) is 0 Å². The van der Waals surface area contributed by atoms with Crippen molar-refractivity contribution in [3.8, 4) is 5.75 Å². The summed E-state index contributed by atoms with van der Waals surface area (Å²) in [6.07, 6.45) is 3.17. The molecule has 0 bridgehead atoms. The Labute approximate surface area is 127 Å². The van der Waals surface area contributed by atoms with E-state index >= 15 is 0 Å². The van der Waals surface area contributed by atoms with Gasteiger partial charge in [-0.05, 0) is 50.8 Å². The van der Waals surface area contributed by atoms with Crippen molar-refractivity contribution in [2.45, 2.75) is 51.6 Å². The molecule has 1 saturated heterocycles. The van der Waals surface area contributed by atoms with E-state index in [1.165, 1.54) is 5.56 Å². The van der Waals surface area contributed by atoms with Crippen molar-refractivity contribution in [2.75, 3.05) is 13.2 Å². The van der Waals surface area contributed by atoms with Crippen LogP contribution in [0.1, 0.15) is 38.7 Å². The van der Waals surface area contributed by atoms with Crippen LogP contribution in [0.4, 0.5) is 0 Å². The Kier molecular flexibility index (Phi) is 5.62. The molecule has 1 aromatic rings. The van der Waals surface area contributed by atoms with Gasteiger partial charge in [-0.3, -0.25) is 4.79 Å². The van der Waals surface area contributed by atoms with Gasteiger partial charge in [0.05, 0.1) is 6.61 Å². The molecule has 0 aliphatic carbocycles. The number of ether oxygens (including phenoxy) is 1. The monoisotopic (exact) mass is 290 g/mol. The lowest BCUT2D eigenvalue weighted by molar-refractivity contribution is -0.134. The number of aryl methyl sites for hydroxylation is 1. The highest BCUT2D eigenvalue weighted by atomic mass is 16.5. The molecule has 0 spiro atoms. The van der Waals surface area contributed by atoms with Crippen LogP contribution >= 0.6 is 0 Å². The molecule has 2 atom stereocenters. The molecule has 1 fully saturated rings. The maximum absolute atomic E-state index is 12.3. The van der Waals surface area contributed by atoms with E-state index in [0.717, 1.165) is 31.6 Å². The normalized spacial score (nSPS) is 22.1. The van der Waals surface area contributed by atoms with Gasteiger partial charge < -0.3 is 15.4 Å². The molecule has 116 valence electrons. The van der Waals surface area contributed by atoms with Crippen LogP contribution in [0.15, 0.2) is 24.3 Å². The van der Waals surface area contributed by atoms with Crippen molar-refractivity contribution >= 4 is 5.91 Å². The number of likely N-dealkylation sites (tertiary alicyclic amines) is 1. The number of hydrogen-bond donors (Lipinski definition) is 1. The number of carbonyl (C=O) groups is 1. The fourth-order valence-electron chi connectivity index (χ4n) is 2.89. The fraction of sp³-hybridized carbons (Fsp3) is 0.588. The Hall–Kier alpha value is -1.55. The van der Waals surface area contributed by atoms with Crippen LogP contribution in [0, 0.1) is 0 Å². The van der Waals surface area contributed by atoms with Crippen molar-refractivity contribution in [3.05, 3.63) is 29.8 Å². The minimum absolute atomic E-state index is 0.239. The predicted octanol–water partition coefficient (Wildman–Crippen LogP) is 2.36. The predicted molar refractivity (Wildman–Crippen MR) is 84.3 cm³/mol. The third-order valence-electron chi connectivity index (χ3n) is 4.10. The molecule has 4 heteroatoms. The molecule has 0 radical (unpaired) electrons. The number of piperidine rings is 1. The minimum Gasteiger partial charge on any atom is -0.494 e. The lowest BCUT2D eigenvalue weighted by Gasteiger charge is -2.36. The van der Waals surface area contributed by atoms with Crippen molar-refractivity contribution in [1.82, 2.24) is 4.90 Å². The van der Waals surface area contributed by atoms with Crippen molar-refractivity contribution in [2.24, 2.45) is 5.73 Å². The molecular weight excluding hydrogens is 264 g/mol. The molecule has 1 aliphatic rings. The molecule has 1 amide bonds. The van der Waals surface area contributed by atoms with Gasteiger partial charge in [-0.2, -0.15) is 0 Å². The Morgan fingerprint density at radius 1 is 1.38 bits per heavy atom. The first-order valence-corrected chi connectivity index (χ1v) is 7.87. The van der Waals surface area contributed by atoms with E-state index in [1.54, 1.807) is 0 Å². The standard InChI is InChI=1S/C17H26N2O2/c1-3-21-16-7-4-14(5-8-16)6-9-17(20)19-11-10-15(18)12-13(19)2/h4-5,7-8,13,15H,3,6,9-12,18H2,1-2H3/t13-,15-/m1/s1. The summed E-state index contributed by atoms with van der Waals surface area (Å²) >= 11 is 0. The first kappa shape index (κ1) is 15.8. The topological polar surface area (TPSA) is 55.6 Å². The van der Waals surface area contributed by atoms with E-state index in [4.69, 9.17) is 10.5 Å². The summed E-state index contributed by atoms with van der Waals surface area (Å²) in [5, 5.41) is 0. The van der Waals surface area contributed by atoms with Gasteiger partial charge in [0.15, 0.2) is 0 Å². The number of hydrogen-bond acceptors (Lipinski definition) is 3. The van der Waals surface area contributed by atoms with Crippen molar-refractivity contribution < 1.29 is 9.53 Å². The summed E-state index contributed by atoms with van der Waals surface area (Å²) in [7, 11) is 0. The lowest BCUT2D eigenvalue weighted by Crippen LogP contribution is -2.48. The largest absolute Gasteiger partial charge is 0.494 e. The third kappa shape index (κ3) is 4.46. The van der Waals surface area contributed by atoms with Crippen LogP contribution in [-0.4, -0.2) is 36.0 Å². The quantitative estimate of drug-likeness (QED) is 0.905. The second kappa shape index (κ2) is 7.46. The highest BCUT2D eigenvalue weighted by Crippen LogP contribution is 2.18. The number of rotatable bonds is 5. The summed E-state index contributed by atoms with van der Waals surface area (Å²) < 4.78 is 5.42. The SMILES string of the molecule is CCOc1ccc(CCC(=O)N2CC[C@@H](N)C[C@H]2C)cc1. The maximum atomic E-state index is 12.3. The summed E-state index contributed by atoms with van der Waals surface area (Å²) in [5.74, 6) is 1.12. The summed E-state index contributed by atoms with van der Waals surface area (Å²) in [6, 6.07) is 8.51. The summed E-state index contributed by atoms with van der Waals surface area (Å²) in [5.41, 5.74) is 7.12. The van der Waals surface area contributed by atoms with Gasteiger partial charge >= 0.3 is 0 Å². The highest BCUT2D eigenvalue weighted by molar-refractivity contribution is 5.76. The number of amides is 1. The Morgan fingerprint density at radius 3 is 2.71 bits per heavy atom. The molecular formula is C17H26N2O2. The molecule has 21 heavy (non-hydrogen) atoms. The van der Waals surface area contributed by atoms with Crippen LogP contribution in [0.5, 0.6) is 5.75 Å². The number of nitrogens with two attached hydrogens (primary N) is 1. The van der Waals surface area contributed by atoms with E-state index in [2.05, 4.69) is 6.92 Å². The molecule has 0 saturated carbocycles. The van der Waals surface area contributed by atoms with Gasteiger partial charge in [0, 0.05) is 25.0 Å². The average Bonchev–Trinajstić information content (AvgIpc) is 2.46. The maximum Gasteiger partial charge on any atom is 0.223 e. The first-order chi connectivity index (χ1) is 10.1. The highest BCUT2D eigenvalue weighted by Gasteiger charge is 2.26. The second-order valence-electron chi connectivity index (χ2n) is 5.80. The molecule has 2 rings (SSSR count). The molecule has 1 aromatic carbocycles. The Bertz CT molecular complexity index is 458. The zero-order valence-electron chi connectivity index (χ0n) is 13.0. The van der Waals surface area contributed by atoms with Crippen LogP contribution in [0.25, 0.3) is 0 Å². The van der Waals surface area contributed by atoms with E-state index < -0.39 is 0 Å². The van der Waals surface area contributed by atoms with Crippen LogP contribution in [-0.2, 0) is 11.2 Å². The average molecular weight is 290 g/mol. The van der Waals surface area contributed by atoms with Crippen LogP contribution < -0.4 is 10.5 Å². The van der Waals surface area contributed by atoms with E-state index in [9.17, 15) is 4.79 Å². The minimum atomic E-state index is 0.239. The van der Waals surface area contributed by atoms with Gasteiger partial charge in [-0.1, -0.05) is 12.1 Å². The molecule has 1 aliphatic heterocycles. The molecule has 0 unspecified atom stereocenters. The zero-order valence-corrected chi connectivity index (χ0v) is 13.0. The summed E-state index contributed by atoms with van der Waals surface area (Å²) in [6.45, 7) is 5.53. The molecule has 4 nitrogen and oxygen atoms in total. The number of benzene rings is 1. The fourth-order valence-corrected chi connectivity index (χ4v) is 2.89. The van der Waals surface area contributed by atoms with Gasteiger partial charge in [0.2, 0.25) is 5.91 Å². The van der Waals surface area contributed by atoms with Crippen molar-refractivity contribution in [1.29, 1.82) is 0 Å². The first-order valence-electron chi connectivity index (χ1n) is 7.87. The van der Waals surface area contributed by atoms with Gasteiger partial charge in [0.1, 0.15) is 5.75 Å². The summed E-state index contributed by atoms with van der Waals surface area (Å²) in [4.78, 5) is 14.3. The number of carbonyl (C=O) groups excluding carboxylic acids is 1. The van der Waals surface area contributed by atoms with Crippen LogP contribution in [0.2, 0.25) is 0 Å². The number of nitrogens with zero attached hydrogens (tertiary/aromatic N) is 1. The zero-order chi connectivity index (χ0) is 15.2.